The molecule has 0 aliphatic heterocycles. The minimum absolute atomic E-state index is 0.138. The topological polar surface area (TPSA) is 83.6 Å². The zero-order chi connectivity index (χ0) is 19.7. The van der Waals surface area contributed by atoms with Crippen LogP contribution in [0, 0.1) is 24.1 Å². The van der Waals surface area contributed by atoms with Crippen LogP contribution in [0.2, 0.25) is 0 Å². The van der Waals surface area contributed by atoms with E-state index in [-0.39, 0.29) is 16.9 Å². The predicted octanol–water partition coefficient (Wildman–Crippen LogP) is 3.99. The standard InChI is InChI=1S/C21H14FN5O/c1-13-9-19(25-18-8-3-2-7-17(13)18)27-20(15(11-23)12-24-27)26-21(28)14-5-4-6-16(22)10-14/h2-10,12H,1H3,(H,26,28). The quantitative estimate of drug-likeness (QED) is 0.590. The van der Waals surface area contributed by atoms with Crippen LogP contribution in [0.3, 0.4) is 0 Å². The second-order valence-electron chi connectivity index (χ2n) is 6.21. The SMILES string of the molecule is Cc1cc(-n2ncc(C#N)c2NC(=O)c2cccc(F)c2)nc2ccccc12. The lowest BCUT2D eigenvalue weighted by atomic mass is 10.1. The number of nitriles is 1. The molecular formula is C21H14FN5O. The number of rotatable bonds is 3. The van der Waals surface area contributed by atoms with Gasteiger partial charge in [-0.1, -0.05) is 24.3 Å². The van der Waals surface area contributed by atoms with Crippen LogP contribution in [0.25, 0.3) is 16.7 Å². The number of carbonyl (C=O) groups is 1. The number of hydrogen-bond acceptors (Lipinski definition) is 4. The zero-order valence-corrected chi connectivity index (χ0v) is 14.8. The first-order valence-corrected chi connectivity index (χ1v) is 8.48. The predicted molar refractivity (Wildman–Crippen MR) is 103 cm³/mol. The molecule has 2 aromatic carbocycles. The van der Waals surface area contributed by atoms with Gasteiger partial charge in [-0.05, 0) is 42.8 Å². The molecule has 1 amide bonds. The molecular weight excluding hydrogens is 357 g/mol. The van der Waals surface area contributed by atoms with Crippen LogP contribution in [-0.4, -0.2) is 20.7 Å². The highest BCUT2D eigenvalue weighted by molar-refractivity contribution is 6.04. The van der Waals surface area contributed by atoms with Gasteiger partial charge in [0, 0.05) is 10.9 Å². The van der Waals surface area contributed by atoms with Crippen molar-refractivity contribution in [2.24, 2.45) is 0 Å². The molecule has 0 aliphatic carbocycles. The molecule has 0 radical (unpaired) electrons. The third-order valence-corrected chi connectivity index (χ3v) is 4.33. The monoisotopic (exact) mass is 371 g/mol. The van der Waals surface area contributed by atoms with Crippen molar-refractivity contribution in [2.45, 2.75) is 6.92 Å². The van der Waals surface area contributed by atoms with E-state index in [1.807, 2.05) is 43.3 Å². The van der Waals surface area contributed by atoms with Gasteiger partial charge in [0.2, 0.25) is 0 Å². The smallest absolute Gasteiger partial charge is 0.256 e. The first-order chi connectivity index (χ1) is 13.6. The Morgan fingerprint density at radius 1 is 1.18 bits per heavy atom. The molecule has 0 spiro atoms. The fraction of sp³-hybridized carbons (Fsp3) is 0.0476. The lowest BCUT2D eigenvalue weighted by Crippen LogP contribution is -2.16. The molecule has 0 aliphatic rings. The van der Waals surface area contributed by atoms with Crippen molar-refractivity contribution in [3.8, 4) is 11.9 Å². The van der Waals surface area contributed by atoms with E-state index in [1.165, 1.54) is 29.1 Å². The average molecular weight is 371 g/mol. The molecule has 0 bridgehead atoms. The number of nitrogens with zero attached hydrogens (tertiary/aromatic N) is 4. The van der Waals surface area contributed by atoms with E-state index < -0.39 is 11.7 Å². The lowest BCUT2D eigenvalue weighted by molar-refractivity contribution is 0.102. The van der Waals surface area contributed by atoms with Gasteiger partial charge in [0.25, 0.3) is 5.91 Å². The maximum absolute atomic E-state index is 13.4. The summed E-state index contributed by atoms with van der Waals surface area (Å²) in [6.45, 7) is 1.95. The van der Waals surface area contributed by atoms with Crippen molar-refractivity contribution in [2.75, 3.05) is 5.32 Å². The molecule has 1 N–H and O–H groups in total. The number of hydrogen-bond donors (Lipinski definition) is 1. The van der Waals surface area contributed by atoms with Gasteiger partial charge >= 0.3 is 0 Å². The molecule has 7 heteroatoms. The average Bonchev–Trinajstić information content (AvgIpc) is 3.10. The van der Waals surface area contributed by atoms with Crippen LogP contribution in [-0.2, 0) is 0 Å². The summed E-state index contributed by atoms with van der Waals surface area (Å²) in [6, 6.07) is 16.8. The number of anilines is 1. The summed E-state index contributed by atoms with van der Waals surface area (Å²) in [6.07, 6.45) is 1.35. The van der Waals surface area contributed by atoms with Crippen molar-refractivity contribution < 1.29 is 9.18 Å². The largest absolute Gasteiger partial charge is 0.305 e. The molecule has 28 heavy (non-hydrogen) atoms. The Bertz CT molecular complexity index is 1260. The first-order valence-electron chi connectivity index (χ1n) is 8.48. The highest BCUT2D eigenvalue weighted by atomic mass is 19.1. The van der Waals surface area contributed by atoms with E-state index in [0.29, 0.717) is 5.82 Å². The lowest BCUT2D eigenvalue weighted by Gasteiger charge is -2.11. The summed E-state index contributed by atoms with van der Waals surface area (Å²) in [5.41, 5.74) is 2.07. The fourth-order valence-corrected chi connectivity index (χ4v) is 2.97. The number of amides is 1. The van der Waals surface area contributed by atoms with Gasteiger partial charge in [0.1, 0.15) is 17.4 Å². The van der Waals surface area contributed by atoms with Crippen LogP contribution in [0.5, 0.6) is 0 Å². The molecule has 136 valence electrons. The summed E-state index contributed by atoms with van der Waals surface area (Å²) in [5, 5.41) is 17.3. The summed E-state index contributed by atoms with van der Waals surface area (Å²) < 4.78 is 14.8. The molecule has 0 fully saturated rings. The minimum atomic E-state index is -0.546. The van der Waals surface area contributed by atoms with Gasteiger partial charge < -0.3 is 5.32 Å². The molecule has 4 aromatic rings. The Balaban J connectivity index is 1.79. The molecule has 0 saturated carbocycles. The molecule has 6 nitrogen and oxygen atoms in total. The van der Waals surface area contributed by atoms with Crippen LogP contribution < -0.4 is 5.32 Å². The molecule has 2 aromatic heterocycles. The summed E-state index contributed by atoms with van der Waals surface area (Å²) in [7, 11) is 0. The van der Waals surface area contributed by atoms with E-state index in [1.54, 1.807) is 0 Å². The molecule has 2 heterocycles. The van der Waals surface area contributed by atoms with Gasteiger partial charge in [0.15, 0.2) is 11.6 Å². The summed E-state index contributed by atoms with van der Waals surface area (Å²) >= 11 is 0. The van der Waals surface area contributed by atoms with Crippen LogP contribution >= 0.6 is 0 Å². The molecule has 0 saturated heterocycles. The van der Waals surface area contributed by atoms with Crippen molar-refractivity contribution >= 4 is 22.6 Å². The number of benzene rings is 2. The molecule has 0 atom stereocenters. The first kappa shape index (κ1) is 17.4. The summed E-state index contributed by atoms with van der Waals surface area (Å²) in [5.74, 6) is -0.421. The fourth-order valence-electron chi connectivity index (χ4n) is 2.97. The zero-order valence-electron chi connectivity index (χ0n) is 14.8. The van der Waals surface area contributed by atoms with Gasteiger partial charge in [-0.3, -0.25) is 4.79 Å². The third-order valence-electron chi connectivity index (χ3n) is 4.33. The Kier molecular flexibility index (Phi) is 4.30. The van der Waals surface area contributed by atoms with E-state index >= 15 is 0 Å². The van der Waals surface area contributed by atoms with Crippen LogP contribution in [0.15, 0.2) is 60.8 Å². The number of para-hydroxylation sites is 1. The second kappa shape index (κ2) is 6.93. The van der Waals surface area contributed by atoms with Crippen molar-refractivity contribution in [1.29, 1.82) is 5.26 Å². The third kappa shape index (κ3) is 3.08. The van der Waals surface area contributed by atoms with Crippen molar-refractivity contribution in [3.63, 3.8) is 0 Å². The second-order valence-corrected chi connectivity index (χ2v) is 6.21. The van der Waals surface area contributed by atoms with E-state index in [9.17, 15) is 14.4 Å². The maximum atomic E-state index is 13.4. The maximum Gasteiger partial charge on any atom is 0.256 e. The number of aryl methyl sites for hydroxylation is 1. The Hall–Kier alpha value is -4.05. The Labute approximate surface area is 159 Å². The highest BCUT2D eigenvalue weighted by Crippen LogP contribution is 2.24. The van der Waals surface area contributed by atoms with Gasteiger partial charge in [0.05, 0.1) is 11.7 Å². The van der Waals surface area contributed by atoms with E-state index in [0.717, 1.165) is 22.5 Å². The molecule has 0 unspecified atom stereocenters. The van der Waals surface area contributed by atoms with E-state index in [2.05, 4.69) is 15.4 Å². The van der Waals surface area contributed by atoms with Gasteiger partial charge in [-0.25, -0.2) is 9.37 Å². The normalized spacial score (nSPS) is 10.6. The van der Waals surface area contributed by atoms with Crippen molar-refractivity contribution in [1.82, 2.24) is 14.8 Å². The highest BCUT2D eigenvalue weighted by Gasteiger charge is 2.18. The number of carbonyl (C=O) groups excluding carboxylic acids is 1. The number of nitrogens with one attached hydrogen (secondary N) is 1. The summed E-state index contributed by atoms with van der Waals surface area (Å²) in [4.78, 5) is 17.1. The Morgan fingerprint density at radius 2 is 2.00 bits per heavy atom. The number of aromatic nitrogens is 3. The number of pyridine rings is 1. The minimum Gasteiger partial charge on any atom is -0.305 e. The molecule has 4 rings (SSSR count). The van der Waals surface area contributed by atoms with Gasteiger partial charge in [-0.2, -0.15) is 15.0 Å². The van der Waals surface area contributed by atoms with Crippen molar-refractivity contribution in [3.05, 3.63) is 83.3 Å². The number of fused-ring (bicyclic) bond motifs is 1. The van der Waals surface area contributed by atoms with Crippen LogP contribution in [0.4, 0.5) is 10.2 Å². The van der Waals surface area contributed by atoms with E-state index in [4.69, 9.17) is 0 Å². The van der Waals surface area contributed by atoms with Crippen LogP contribution in [0.1, 0.15) is 21.5 Å². The number of halogens is 1. The Morgan fingerprint density at radius 3 is 2.79 bits per heavy atom. The van der Waals surface area contributed by atoms with Gasteiger partial charge in [-0.15, -0.1) is 0 Å².